The third kappa shape index (κ3) is 3.10. The summed E-state index contributed by atoms with van der Waals surface area (Å²) in [5, 5.41) is 8.99. The van der Waals surface area contributed by atoms with E-state index in [2.05, 4.69) is 9.97 Å². The SMILES string of the molecule is COC(c1ncc(C(=O)O)c(C)n1)C1CCCCC1. The van der Waals surface area contributed by atoms with Crippen LogP contribution in [0.1, 0.15) is 60.1 Å². The van der Waals surface area contributed by atoms with Gasteiger partial charge >= 0.3 is 5.97 Å². The van der Waals surface area contributed by atoms with Crippen molar-refractivity contribution >= 4 is 5.97 Å². The highest BCUT2D eigenvalue weighted by atomic mass is 16.5. The fraction of sp³-hybridized carbons (Fsp3) is 0.643. The van der Waals surface area contributed by atoms with E-state index in [0.717, 1.165) is 12.8 Å². The van der Waals surface area contributed by atoms with Gasteiger partial charge in [-0.2, -0.15) is 0 Å². The summed E-state index contributed by atoms with van der Waals surface area (Å²) in [6.07, 6.45) is 7.23. The first-order chi connectivity index (χ1) is 9.13. The Balaban J connectivity index is 2.23. The van der Waals surface area contributed by atoms with Crippen molar-refractivity contribution < 1.29 is 14.6 Å². The van der Waals surface area contributed by atoms with Crippen LogP contribution in [0, 0.1) is 12.8 Å². The molecule has 1 saturated carbocycles. The number of carboxylic acids is 1. The minimum absolute atomic E-state index is 0.123. The second-order valence-corrected chi connectivity index (χ2v) is 5.09. The van der Waals surface area contributed by atoms with Crippen molar-refractivity contribution in [1.29, 1.82) is 0 Å². The molecular weight excluding hydrogens is 244 g/mol. The zero-order valence-electron chi connectivity index (χ0n) is 11.4. The number of ether oxygens (including phenoxy) is 1. The van der Waals surface area contributed by atoms with E-state index in [9.17, 15) is 4.79 Å². The highest BCUT2D eigenvalue weighted by Crippen LogP contribution is 2.35. The lowest BCUT2D eigenvalue weighted by molar-refractivity contribution is 0.0287. The Morgan fingerprint density at radius 1 is 1.42 bits per heavy atom. The molecule has 0 aromatic carbocycles. The lowest BCUT2D eigenvalue weighted by Gasteiger charge is -2.28. The predicted octanol–water partition coefficient (Wildman–Crippen LogP) is 2.75. The van der Waals surface area contributed by atoms with Crippen LogP contribution in [0.4, 0.5) is 0 Å². The molecule has 1 aliphatic rings. The molecule has 19 heavy (non-hydrogen) atoms. The number of carbonyl (C=O) groups is 1. The highest BCUT2D eigenvalue weighted by molar-refractivity contribution is 5.88. The fourth-order valence-electron chi connectivity index (χ4n) is 2.78. The van der Waals surface area contributed by atoms with Crippen LogP contribution >= 0.6 is 0 Å². The summed E-state index contributed by atoms with van der Waals surface area (Å²) < 4.78 is 5.56. The third-order valence-corrected chi connectivity index (χ3v) is 3.81. The van der Waals surface area contributed by atoms with Crippen molar-refractivity contribution in [1.82, 2.24) is 9.97 Å². The third-order valence-electron chi connectivity index (χ3n) is 3.81. The minimum Gasteiger partial charge on any atom is -0.478 e. The summed E-state index contributed by atoms with van der Waals surface area (Å²) in [6.45, 7) is 1.70. The molecule has 0 saturated heterocycles. The molecule has 1 unspecified atom stereocenters. The Morgan fingerprint density at radius 2 is 2.11 bits per heavy atom. The summed E-state index contributed by atoms with van der Waals surface area (Å²) >= 11 is 0. The van der Waals surface area contributed by atoms with Crippen LogP contribution in [0.3, 0.4) is 0 Å². The predicted molar refractivity (Wildman–Crippen MR) is 70.1 cm³/mol. The number of rotatable bonds is 4. The quantitative estimate of drug-likeness (QED) is 0.905. The molecule has 0 radical (unpaired) electrons. The van der Waals surface area contributed by atoms with Gasteiger partial charge in [-0.1, -0.05) is 19.3 Å². The Morgan fingerprint density at radius 3 is 2.63 bits per heavy atom. The van der Waals surface area contributed by atoms with Gasteiger partial charge in [-0.3, -0.25) is 0 Å². The summed E-state index contributed by atoms with van der Waals surface area (Å²) in [6, 6.07) is 0. The molecule has 0 amide bonds. The van der Waals surface area contributed by atoms with Crippen LogP contribution in [0.15, 0.2) is 6.20 Å². The van der Waals surface area contributed by atoms with Crippen LogP contribution in [0.25, 0.3) is 0 Å². The molecule has 0 bridgehead atoms. The van der Waals surface area contributed by atoms with Gasteiger partial charge in [0.1, 0.15) is 6.10 Å². The summed E-state index contributed by atoms with van der Waals surface area (Å²) in [7, 11) is 1.67. The molecule has 1 aromatic heterocycles. The van der Waals surface area contributed by atoms with Gasteiger partial charge < -0.3 is 9.84 Å². The molecule has 0 spiro atoms. The van der Waals surface area contributed by atoms with Crippen LogP contribution in [0.2, 0.25) is 0 Å². The molecule has 2 rings (SSSR count). The number of aromatic nitrogens is 2. The topological polar surface area (TPSA) is 72.3 Å². The van der Waals surface area contributed by atoms with E-state index in [1.54, 1.807) is 14.0 Å². The number of methoxy groups -OCH3 is 1. The van der Waals surface area contributed by atoms with Crippen molar-refractivity contribution in [2.75, 3.05) is 7.11 Å². The van der Waals surface area contributed by atoms with Gasteiger partial charge in [-0.25, -0.2) is 14.8 Å². The van der Waals surface area contributed by atoms with Gasteiger partial charge in [0.05, 0.1) is 11.3 Å². The molecule has 1 N–H and O–H groups in total. The zero-order valence-corrected chi connectivity index (χ0v) is 11.4. The highest BCUT2D eigenvalue weighted by Gasteiger charge is 2.27. The largest absolute Gasteiger partial charge is 0.478 e. The van der Waals surface area contributed by atoms with E-state index in [4.69, 9.17) is 9.84 Å². The number of hydrogen-bond acceptors (Lipinski definition) is 4. The van der Waals surface area contributed by atoms with Gasteiger partial charge in [0.25, 0.3) is 0 Å². The number of carboxylic acid groups (broad SMARTS) is 1. The fourth-order valence-corrected chi connectivity index (χ4v) is 2.78. The first-order valence-electron chi connectivity index (χ1n) is 6.73. The summed E-state index contributed by atoms with van der Waals surface area (Å²) in [5.41, 5.74) is 0.651. The van der Waals surface area contributed by atoms with Crippen LogP contribution in [-0.4, -0.2) is 28.2 Å². The maximum absolute atomic E-state index is 11.0. The number of aromatic carboxylic acids is 1. The molecule has 1 aromatic rings. The lowest BCUT2D eigenvalue weighted by atomic mass is 9.85. The second-order valence-electron chi connectivity index (χ2n) is 5.09. The molecule has 5 nitrogen and oxygen atoms in total. The van der Waals surface area contributed by atoms with E-state index in [-0.39, 0.29) is 11.7 Å². The first kappa shape index (κ1) is 13.9. The van der Waals surface area contributed by atoms with E-state index in [1.165, 1.54) is 25.5 Å². The second kappa shape index (κ2) is 6.10. The Bertz CT molecular complexity index is 456. The Kier molecular flexibility index (Phi) is 4.47. The maximum Gasteiger partial charge on any atom is 0.339 e. The first-order valence-corrected chi connectivity index (χ1v) is 6.73. The van der Waals surface area contributed by atoms with E-state index < -0.39 is 5.97 Å². The Labute approximate surface area is 113 Å². The number of aryl methyl sites for hydroxylation is 1. The average molecular weight is 264 g/mol. The van der Waals surface area contributed by atoms with Crippen molar-refractivity contribution in [3.8, 4) is 0 Å². The molecule has 1 fully saturated rings. The van der Waals surface area contributed by atoms with Crippen LogP contribution in [0.5, 0.6) is 0 Å². The van der Waals surface area contributed by atoms with Gasteiger partial charge in [0.2, 0.25) is 0 Å². The molecular formula is C14H20N2O3. The van der Waals surface area contributed by atoms with Crippen molar-refractivity contribution in [3.05, 3.63) is 23.3 Å². The van der Waals surface area contributed by atoms with Gasteiger partial charge in [0, 0.05) is 13.3 Å². The smallest absolute Gasteiger partial charge is 0.339 e. The standard InChI is InChI=1S/C14H20N2O3/c1-9-11(14(17)18)8-15-13(16-9)12(19-2)10-6-4-3-5-7-10/h8,10,12H,3-7H2,1-2H3,(H,17,18). The number of nitrogens with zero attached hydrogens (tertiary/aromatic N) is 2. The monoisotopic (exact) mass is 264 g/mol. The summed E-state index contributed by atoms with van der Waals surface area (Å²) in [5.74, 6) is 0.0569. The molecule has 1 atom stereocenters. The van der Waals surface area contributed by atoms with Gasteiger partial charge in [-0.15, -0.1) is 0 Å². The Hall–Kier alpha value is -1.49. The van der Waals surface area contributed by atoms with Gasteiger partial charge in [-0.05, 0) is 25.7 Å². The van der Waals surface area contributed by atoms with E-state index in [0.29, 0.717) is 17.4 Å². The molecule has 1 aliphatic carbocycles. The molecule has 0 aliphatic heterocycles. The normalized spacial score (nSPS) is 18.2. The van der Waals surface area contributed by atoms with E-state index in [1.807, 2.05) is 0 Å². The minimum atomic E-state index is -0.990. The van der Waals surface area contributed by atoms with Crippen molar-refractivity contribution in [3.63, 3.8) is 0 Å². The van der Waals surface area contributed by atoms with Crippen molar-refractivity contribution in [2.24, 2.45) is 5.92 Å². The van der Waals surface area contributed by atoms with Crippen molar-refractivity contribution in [2.45, 2.75) is 45.1 Å². The molecule has 5 heteroatoms. The average Bonchev–Trinajstić information content (AvgIpc) is 2.40. The van der Waals surface area contributed by atoms with Crippen LogP contribution < -0.4 is 0 Å². The number of hydrogen-bond donors (Lipinski definition) is 1. The lowest BCUT2D eigenvalue weighted by Crippen LogP contribution is -2.21. The zero-order chi connectivity index (χ0) is 13.8. The molecule has 104 valence electrons. The van der Waals surface area contributed by atoms with Crippen LogP contribution in [-0.2, 0) is 4.74 Å². The maximum atomic E-state index is 11.0. The van der Waals surface area contributed by atoms with E-state index >= 15 is 0 Å². The summed E-state index contributed by atoms with van der Waals surface area (Å²) in [4.78, 5) is 19.5. The molecule has 1 heterocycles. The van der Waals surface area contributed by atoms with Gasteiger partial charge in [0.15, 0.2) is 5.82 Å².